The molecule has 0 aliphatic heterocycles. The van der Waals surface area contributed by atoms with E-state index in [1.54, 1.807) is 0 Å². The van der Waals surface area contributed by atoms with E-state index in [4.69, 9.17) is 10.5 Å². The molecule has 0 fully saturated rings. The molecule has 0 aromatic heterocycles. The van der Waals surface area contributed by atoms with Crippen LogP contribution in [-0.2, 0) is 0 Å². The van der Waals surface area contributed by atoms with E-state index in [1.165, 1.54) is 0 Å². The highest BCUT2D eigenvalue weighted by atomic mass is 28.2. The Labute approximate surface area is 46.7 Å². The summed E-state index contributed by atoms with van der Waals surface area (Å²) in [5, 5.41) is 0. The second-order valence-electron chi connectivity index (χ2n) is 1.53. The van der Waals surface area contributed by atoms with Gasteiger partial charge in [0.2, 0.25) is 9.76 Å². The van der Waals surface area contributed by atoms with Crippen LogP contribution in [0.4, 0.5) is 0 Å². The fourth-order valence-electron chi connectivity index (χ4n) is 0.262. The summed E-state index contributed by atoms with van der Waals surface area (Å²) in [7, 11) is 0.0199. The summed E-state index contributed by atoms with van der Waals surface area (Å²) in [4.78, 5) is 8.32. The summed E-state index contributed by atoms with van der Waals surface area (Å²) in [6, 6.07) is 0.972. The summed E-state index contributed by atoms with van der Waals surface area (Å²) in [5.74, 6) is 0. The molecule has 3 heteroatoms. The molecule has 42 valence electrons. The highest BCUT2D eigenvalue weighted by Crippen LogP contribution is 1.89. The van der Waals surface area contributed by atoms with Crippen LogP contribution in [0.25, 0.3) is 0 Å². The van der Waals surface area contributed by atoms with E-state index in [0.717, 1.165) is 12.5 Å². The molecule has 7 heavy (non-hydrogen) atoms. The largest absolute Gasteiger partial charge is 0.432 e. The predicted octanol–water partition coefficient (Wildman–Crippen LogP) is -0.246. The van der Waals surface area contributed by atoms with E-state index in [-0.39, 0.29) is 15.8 Å². The summed E-state index contributed by atoms with van der Waals surface area (Å²) in [6.07, 6.45) is 0.966. The van der Waals surface area contributed by atoms with Gasteiger partial charge in [-0.3, -0.25) is 0 Å². The van der Waals surface area contributed by atoms with Crippen molar-refractivity contribution in [2.45, 2.75) is 25.4 Å². The maximum atomic E-state index is 8.32. The van der Waals surface area contributed by atoms with Crippen molar-refractivity contribution in [3.8, 4) is 0 Å². The molecule has 0 rings (SSSR count). The molecule has 0 bridgehead atoms. The summed E-state index contributed by atoms with van der Waals surface area (Å²) < 4.78 is 0. The molecule has 0 heterocycles. The fraction of sp³-hybridized carbons (Fsp3) is 1.00. The van der Waals surface area contributed by atoms with Crippen LogP contribution >= 0.6 is 0 Å². The van der Waals surface area contributed by atoms with Gasteiger partial charge in [-0.25, -0.2) is 0 Å². The lowest BCUT2D eigenvalue weighted by Crippen LogP contribution is -2.19. The SMILES string of the molecule is CCC(N)C[Si]O. The van der Waals surface area contributed by atoms with Crippen molar-refractivity contribution in [1.82, 2.24) is 0 Å². The van der Waals surface area contributed by atoms with E-state index in [0.29, 0.717) is 0 Å². The van der Waals surface area contributed by atoms with Gasteiger partial charge in [-0.05, 0) is 12.5 Å². The standard InChI is InChI=1S/C4H11NOSi/c1-2-4(5)3-7-6/h4,6H,2-3,5H2,1H3. The van der Waals surface area contributed by atoms with Crippen LogP contribution in [0.5, 0.6) is 0 Å². The lowest BCUT2D eigenvalue weighted by Gasteiger charge is -2.01. The van der Waals surface area contributed by atoms with Crippen LogP contribution in [0.15, 0.2) is 0 Å². The smallest absolute Gasteiger partial charge is 0.225 e. The van der Waals surface area contributed by atoms with Crippen molar-refractivity contribution in [1.29, 1.82) is 0 Å². The zero-order valence-corrected chi connectivity index (χ0v) is 5.52. The van der Waals surface area contributed by atoms with Gasteiger partial charge >= 0.3 is 0 Å². The molecule has 2 nitrogen and oxygen atoms in total. The van der Waals surface area contributed by atoms with E-state index >= 15 is 0 Å². The molecule has 2 radical (unpaired) electrons. The van der Waals surface area contributed by atoms with Gasteiger partial charge in [0.15, 0.2) is 0 Å². The van der Waals surface area contributed by atoms with Crippen LogP contribution in [0.3, 0.4) is 0 Å². The molecule has 0 spiro atoms. The van der Waals surface area contributed by atoms with Crippen molar-refractivity contribution in [2.75, 3.05) is 0 Å². The minimum absolute atomic E-state index is 0.0199. The molecule has 0 saturated heterocycles. The van der Waals surface area contributed by atoms with E-state index in [2.05, 4.69) is 0 Å². The first kappa shape index (κ1) is 7.14. The molecule has 0 aliphatic rings. The van der Waals surface area contributed by atoms with Gasteiger partial charge in [-0.15, -0.1) is 0 Å². The number of nitrogens with two attached hydrogens (primary N) is 1. The third-order valence-corrected chi connectivity index (χ3v) is 1.58. The fourth-order valence-corrected chi connectivity index (χ4v) is 0.785. The van der Waals surface area contributed by atoms with Crippen LogP contribution in [0.2, 0.25) is 6.04 Å². The highest BCUT2D eigenvalue weighted by molar-refractivity contribution is 6.25. The third kappa shape index (κ3) is 3.98. The van der Waals surface area contributed by atoms with Crippen LogP contribution in [0, 0.1) is 0 Å². The maximum absolute atomic E-state index is 8.32. The predicted molar refractivity (Wildman–Crippen MR) is 31.0 cm³/mol. The quantitative estimate of drug-likeness (QED) is 0.501. The first-order valence-electron chi connectivity index (χ1n) is 2.43. The van der Waals surface area contributed by atoms with Crippen molar-refractivity contribution in [2.24, 2.45) is 5.73 Å². The van der Waals surface area contributed by atoms with E-state index in [9.17, 15) is 0 Å². The van der Waals surface area contributed by atoms with E-state index < -0.39 is 0 Å². The first-order valence-corrected chi connectivity index (χ1v) is 3.59. The molecule has 0 amide bonds. The topological polar surface area (TPSA) is 46.2 Å². The Hall–Kier alpha value is 0.137. The van der Waals surface area contributed by atoms with Crippen molar-refractivity contribution >= 4 is 9.76 Å². The minimum Gasteiger partial charge on any atom is -0.432 e. The Kier molecular flexibility index (Phi) is 4.38. The van der Waals surface area contributed by atoms with Crippen molar-refractivity contribution in [3.05, 3.63) is 0 Å². The molecule has 3 N–H and O–H groups in total. The van der Waals surface area contributed by atoms with Gasteiger partial charge in [-0.1, -0.05) is 6.92 Å². The second kappa shape index (κ2) is 4.30. The Morgan fingerprint density at radius 2 is 2.43 bits per heavy atom. The lowest BCUT2D eigenvalue weighted by atomic mass is 10.3. The van der Waals surface area contributed by atoms with Gasteiger partial charge in [0.1, 0.15) is 0 Å². The second-order valence-corrected chi connectivity index (χ2v) is 2.26. The summed E-state index contributed by atoms with van der Waals surface area (Å²) >= 11 is 0. The van der Waals surface area contributed by atoms with Gasteiger partial charge in [0.05, 0.1) is 0 Å². The minimum atomic E-state index is 0.0199. The Bertz CT molecular complexity index is 42.7. The summed E-state index contributed by atoms with van der Waals surface area (Å²) in [6.45, 7) is 2.02. The Morgan fingerprint density at radius 1 is 1.86 bits per heavy atom. The molecule has 0 aliphatic carbocycles. The van der Waals surface area contributed by atoms with Gasteiger partial charge < -0.3 is 10.5 Å². The average molecular weight is 117 g/mol. The highest BCUT2D eigenvalue weighted by Gasteiger charge is 1.95. The Balaban J connectivity index is 2.83. The maximum Gasteiger partial charge on any atom is 0.225 e. The third-order valence-electron chi connectivity index (χ3n) is 0.878. The summed E-state index contributed by atoms with van der Waals surface area (Å²) in [5.41, 5.74) is 5.43. The average Bonchev–Trinajstić information content (AvgIpc) is 1.68. The molecular formula is C4H11NOSi. The molecule has 1 atom stereocenters. The first-order chi connectivity index (χ1) is 3.31. The van der Waals surface area contributed by atoms with Gasteiger partial charge in [0, 0.05) is 6.04 Å². The number of hydrogen-bond acceptors (Lipinski definition) is 2. The number of hydrogen-bond donors (Lipinski definition) is 2. The van der Waals surface area contributed by atoms with Crippen LogP contribution < -0.4 is 5.73 Å². The van der Waals surface area contributed by atoms with Gasteiger partial charge in [-0.2, -0.15) is 0 Å². The normalized spacial score (nSPS) is 14.1. The molecule has 1 unspecified atom stereocenters. The van der Waals surface area contributed by atoms with Crippen LogP contribution in [-0.4, -0.2) is 20.6 Å². The van der Waals surface area contributed by atoms with Crippen molar-refractivity contribution < 1.29 is 4.80 Å². The zero-order valence-electron chi connectivity index (χ0n) is 4.52. The zero-order chi connectivity index (χ0) is 5.70. The lowest BCUT2D eigenvalue weighted by molar-refractivity contribution is 0.580. The molecule has 0 aromatic rings. The molecular weight excluding hydrogens is 106 g/mol. The monoisotopic (exact) mass is 117 g/mol. The Morgan fingerprint density at radius 3 is 2.57 bits per heavy atom. The number of rotatable bonds is 3. The van der Waals surface area contributed by atoms with Crippen molar-refractivity contribution in [3.63, 3.8) is 0 Å². The van der Waals surface area contributed by atoms with Gasteiger partial charge in [0.25, 0.3) is 0 Å². The molecule has 0 saturated carbocycles. The molecule has 0 aromatic carbocycles. The van der Waals surface area contributed by atoms with E-state index in [1.807, 2.05) is 6.92 Å². The van der Waals surface area contributed by atoms with Crippen LogP contribution in [0.1, 0.15) is 13.3 Å².